The average molecular weight is 302 g/mol. The summed E-state index contributed by atoms with van der Waals surface area (Å²) in [6, 6.07) is 14.7. The maximum absolute atomic E-state index is 12.3. The van der Waals surface area contributed by atoms with Crippen LogP contribution in [0.3, 0.4) is 0 Å². The highest BCUT2D eigenvalue weighted by Crippen LogP contribution is 2.16. The Bertz CT molecular complexity index is 766. The van der Waals surface area contributed by atoms with E-state index in [0.717, 1.165) is 11.1 Å². The maximum Gasteiger partial charge on any atom is 0.276 e. The smallest absolute Gasteiger partial charge is 0.200 e. The van der Waals surface area contributed by atoms with Crippen LogP contribution < -0.4 is 4.83 Å². The zero-order valence-corrected chi connectivity index (χ0v) is 13.1. The van der Waals surface area contributed by atoms with Gasteiger partial charge < -0.3 is 0 Å². The van der Waals surface area contributed by atoms with E-state index in [9.17, 15) is 8.42 Å². The van der Waals surface area contributed by atoms with Crippen molar-refractivity contribution in [3.05, 3.63) is 65.2 Å². The van der Waals surface area contributed by atoms with E-state index in [4.69, 9.17) is 0 Å². The second kappa shape index (κ2) is 6.10. The SMILES string of the molecule is CC(=NNS(=O)(=O)c1cc(C)ccc1C)c1ccccc1. The summed E-state index contributed by atoms with van der Waals surface area (Å²) in [5, 5.41) is 3.99. The summed E-state index contributed by atoms with van der Waals surface area (Å²) in [6.45, 7) is 5.39. The van der Waals surface area contributed by atoms with Gasteiger partial charge in [0.15, 0.2) is 0 Å². The fraction of sp³-hybridized carbons (Fsp3) is 0.188. The quantitative estimate of drug-likeness (QED) is 0.697. The zero-order chi connectivity index (χ0) is 15.5. The lowest BCUT2D eigenvalue weighted by Gasteiger charge is -2.09. The summed E-state index contributed by atoms with van der Waals surface area (Å²) in [5.74, 6) is 0. The molecular weight excluding hydrogens is 284 g/mol. The molecule has 0 aliphatic rings. The predicted molar refractivity (Wildman–Crippen MR) is 84.9 cm³/mol. The van der Waals surface area contributed by atoms with Gasteiger partial charge in [0.25, 0.3) is 10.0 Å². The summed E-state index contributed by atoms with van der Waals surface area (Å²) in [5.41, 5.74) is 3.08. The van der Waals surface area contributed by atoms with E-state index in [1.54, 1.807) is 26.0 Å². The molecule has 0 aromatic heterocycles. The van der Waals surface area contributed by atoms with Gasteiger partial charge in [0.1, 0.15) is 0 Å². The molecule has 0 aliphatic heterocycles. The standard InChI is InChI=1S/C16H18N2O2S/c1-12-9-10-13(2)16(11-12)21(19,20)18-17-14(3)15-7-5-4-6-8-15/h4-11,18H,1-3H3. The van der Waals surface area contributed by atoms with Crippen molar-refractivity contribution in [3.63, 3.8) is 0 Å². The fourth-order valence-electron chi connectivity index (χ4n) is 1.92. The molecule has 0 amide bonds. The van der Waals surface area contributed by atoms with Gasteiger partial charge in [0.2, 0.25) is 0 Å². The monoisotopic (exact) mass is 302 g/mol. The Kier molecular flexibility index (Phi) is 4.43. The van der Waals surface area contributed by atoms with Gasteiger partial charge in [-0.15, -0.1) is 0 Å². The van der Waals surface area contributed by atoms with Gasteiger partial charge in [-0.2, -0.15) is 18.4 Å². The summed E-state index contributed by atoms with van der Waals surface area (Å²) in [6.07, 6.45) is 0. The Balaban J connectivity index is 2.28. The molecule has 1 N–H and O–H groups in total. The van der Waals surface area contributed by atoms with E-state index in [1.165, 1.54) is 0 Å². The van der Waals surface area contributed by atoms with Crippen LogP contribution in [0.25, 0.3) is 0 Å². The molecule has 0 saturated carbocycles. The van der Waals surface area contributed by atoms with Crippen molar-refractivity contribution in [1.29, 1.82) is 0 Å². The van der Waals surface area contributed by atoms with Crippen molar-refractivity contribution < 1.29 is 8.42 Å². The van der Waals surface area contributed by atoms with Crippen LogP contribution in [0.2, 0.25) is 0 Å². The summed E-state index contributed by atoms with van der Waals surface area (Å²) in [7, 11) is -3.65. The van der Waals surface area contributed by atoms with E-state index in [2.05, 4.69) is 9.93 Å². The molecule has 21 heavy (non-hydrogen) atoms. The van der Waals surface area contributed by atoms with Crippen LogP contribution in [0.4, 0.5) is 0 Å². The molecule has 0 heterocycles. The van der Waals surface area contributed by atoms with Gasteiger partial charge in [-0.05, 0) is 43.5 Å². The first-order valence-electron chi connectivity index (χ1n) is 6.59. The second-order valence-electron chi connectivity index (χ2n) is 4.93. The highest BCUT2D eigenvalue weighted by atomic mass is 32.2. The third-order valence-electron chi connectivity index (χ3n) is 3.16. The number of sulfonamides is 1. The summed E-state index contributed by atoms with van der Waals surface area (Å²) in [4.78, 5) is 2.56. The molecule has 0 bridgehead atoms. The predicted octanol–water partition coefficient (Wildman–Crippen LogP) is 3.01. The van der Waals surface area contributed by atoms with Gasteiger partial charge in [-0.3, -0.25) is 0 Å². The van der Waals surface area contributed by atoms with Gasteiger partial charge >= 0.3 is 0 Å². The van der Waals surface area contributed by atoms with Crippen molar-refractivity contribution >= 4 is 15.7 Å². The lowest BCUT2D eigenvalue weighted by molar-refractivity contribution is 0.583. The Morgan fingerprint density at radius 1 is 1.05 bits per heavy atom. The normalized spacial score (nSPS) is 12.2. The lowest BCUT2D eigenvalue weighted by atomic mass is 10.1. The Hall–Kier alpha value is -2.14. The minimum Gasteiger partial charge on any atom is -0.200 e. The first kappa shape index (κ1) is 15.3. The molecule has 2 rings (SSSR count). The number of nitrogens with one attached hydrogen (secondary N) is 1. The lowest BCUT2D eigenvalue weighted by Crippen LogP contribution is -2.21. The van der Waals surface area contributed by atoms with Crippen molar-refractivity contribution in [2.24, 2.45) is 5.10 Å². The number of rotatable bonds is 4. The third kappa shape index (κ3) is 3.70. The van der Waals surface area contributed by atoms with Crippen molar-refractivity contribution in [3.8, 4) is 0 Å². The van der Waals surface area contributed by atoms with E-state index in [1.807, 2.05) is 43.3 Å². The largest absolute Gasteiger partial charge is 0.276 e. The number of hydrazone groups is 1. The van der Waals surface area contributed by atoms with Crippen molar-refractivity contribution in [2.45, 2.75) is 25.7 Å². The first-order valence-corrected chi connectivity index (χ1v) is 8.07. The first-order chi connectivity index (χ1) is 9.90. The van der Waals surface area contributed by atoms with Crippen LogP contribution in [-0.4, -0.2) is 14.1 Å². The number of hydrogen-bond donors (Lipinski definition) is 1. The highest BCUT2D eigenvalue weighted by molar-refractivity contribution is 7.89. The molecular formula is C16H18N2O2S. The number of hydrogen-bond acceptors (Lipinski definition) is 3. The van der Waals surface area contributed by atoms with Crippen LogP contribution in [0.5, 0.6) is 0 Å². The molecule has 0 atom stereocenters. The molecule has 5 heteroatoms. The van der Waals surface area contributed by atoms with Crippen molar-refractivity contribution in [1.82, 2.24) is 4.83 Å². The van der Waals surface area contributed by atoms with E-state index < -0.39 is 10.0 Å². The molecule has 110 valence electrons. The minimum absolute atomic E-state index is 0.257. The van der Waals surface area contributed by atoms with Crippen LogP contribution in [0.1, 0.15) is 23.6 Å². The van der Waals surface area contributed by atoms with Crippen LogP contribution >= 0.6 is 0 Å². The molecule has 0 fully saturated rings. The molecule has 0 unspecified atom stereocenters. The summed E-state index contributed by atoms with van der Waals surface area (Å²) >= 11 is 0. The molecule has 2 aromatic rings. The Morgan fingerprint density at radius 2 is 1.71 bits per heavy atom. The molecule has 0 saturated heterocycles. The minimum atomic E-state index is -3.65. The van der Waals surface area contributed by atoms with E-state index >= 15 is 0 Å². The summed E-state index contributed by atoms with van der Waals surface area (Å²) < 4.78 is 24.6. The van der Waals surface area contributed by atoms with Crippen LogP contribution in [0.15, 0.2) is 58.5 Å². The van der Waals surface area contributed by atoms with Crippen LogP contribution in [0, 0.1) is 13.8 Å². The number of nitrogens with zero attached hydrogens (tertiary/aromatic N) is 1. The van der Waals surface area contributed by atoms with Crippen molar-refractivity contribution in [2.75, 3.05) is 0 Å². The average Bonchev–Trinajstić information content (AvgIpc) is 2.48. The number of benzene rings is 2. The van der Waals surface area contributed by atoms with Gasteiger partial charge in [0, 0.05) is 0 Å². The maximum atomic E-state index is 12.3. The highest BCUT2D eigenvalue weighted by Gasteiger charge is 2.16. The molecule has 0 spiro atoms. The molecule has 0 radical (unpaired) electrons. The van der Waals surface area contributed by atoms with E-state index in [-0.39, 0.29) is 4.90 Å². The topological polar surface area (TPSA) is 58.5 Å². The zero-order valence-electron chi connectivity index (χ0n) is 12.3. The fourth-order valence-corrected chi connectivity index (χ4v) is 3.11. The third-order valence-corrected chi connectivity index (χ3v) is 4.51. The Morgan fingerprint density at radius 3 is 2.38 bits per heavy atom. The van der Waals surface area contributed by atoms with Gasteiger partial charge in [-0.25, -0.2) is 0 Å². The number of aryl methyl sites for hydroxylation is 2. The molecule has 4 nitrogen and oxygen atoms in total. The van der Waals surface area contributed by atoms with Gasteiger partial charge in [-0.1, -0.05) is 42.5 Å². The second-order valence-corrected chi connectivity index (χ2v) is 6.56. The van der Waals surface area contributed by atoms with Gasteiger partial charge in [0.05, 0.1) is 10.6 Å². The molecule has 0 aliphatic carbocycles. The Labute approximate surface area is 125 Å². The van der Waals surface area contributed by atoms with E-state index in [0.29, 0.717) is 11.3 Å². The van der Waals surface area contributed by atoms with Crippen LogP contribution in [-0.2, 0) is 10.0 Å². The molecule has 2 aromatic carbocycles.